The van der Waals surface area contributed by atoms with Crippen LogP contribution in [0.2, 0.25) is 0 Å². The van der Waals surface area contributed by atoms with Crippen LogP contribution in [0.1, 0.15) is 31.2 Å². The fraction of sp³-hybridized carbons (Fsp3) is 0.467. The van der Waals surface area contributed by atoms with Gasteiger partial charge < -0.3 is 16.4 Å². The van der Waals surface area contributed by atoms with Crippen LogP contribution in [0.25, 0.3) is 0 Å². The second-order valence-corrected chi connectivity index (χ2v) is 4.59. The normalized spacial score (nSPS) is 11.7. The fourth-order valence-electron chi connectivity index (χ4n) is 1.86. The molecule has 1 aromatic rings. The molecule has 0 radical (unpaired) electrons. The first-order chi connectivity index (χ1) is 9.69. The molecule has 1 atom stereocenters. The summed E-state index contributed by atoms with van der Waals surface area (Å²) in [6, 6.07) is 9.41. The summed E-state index contributed by atoms with van der Waals surface area (Å²) in [5, 5.41) is 5.53. The molecule has 0 spiro atoms. The summed E-state index contributed by atoms with van der Waals surface area (Å²) in [4.78, 5) is 23.5. The fourth-order valence-corrected chi connectivity index (χ4v) is 1.86. The third kappa shape index (κ3) is 5.40. The number of hydrogen-bond donors (Lipinski definition) is 3. The van der Waals surface area contributed by atoms with Crippen molar-refractivity contribution < 1.29 is 9.59 Å². The molecule has 110 valence electrons. The Bertz CT molecular complexity index is 420. The molecule has 0 fully saturated rings. The predicted molar refractivity (Wildman–Crippen MR) is 79.2 cm³/mol. The van der Waals surface area contributed by atoms with E-state index in [1.807, 2.05) is 37.3 Å². The monoisotopic (exact) mass is 277 g/mol. The van der Waals surface area contributed by atoms with E-state index in [0.29, 0.717) is 13.1 Å². The third-order valence-electron chi connectivity index (χ3n) is 2.98. The van der Waals surface area contributed by atoms with Gasteiger partial charge in [0.25, 0.3) is 0 Å². The molecule has 4 N–H and O–H groups in total. The lowest BCUT2D eigenvalue weighted by Crippen LogP contribution is -2.36. The zero-order valence-electron chi connectivity index (χ0n) is 11.9. The third-order valence-corrected chi connectivity index (χ3v) is 2.98. The highest BCUT2D eigenvalue weighted by atomic mass is 16.2. The maximum Gasteiger partial charge on any atom is 0.228 e. The Labute approximate surface area is 119 Å². The number of hydrogen-bond acceptors (Lipinski definition) is 3. The molecule has 2 amide bonds. The summed E-state index contributed by atoms with van der Waals surface area (Å²) >= 11 is 0. The molecular formula is C15H23N3O2. The molecule has 0 heterocycles. The molecule has 1 aromatic carbocycles. The van der Waals surface area contributed by atoms with Gasteiger partial charge in [-0.1, -0.05) is 37.3 Å². The Balaban J connectivity index is 2.39. The number of carbonyl (C=O) groups is 2. The molecule has 1 rings (SSSR count). The SMILES string of the molecule is CCCNC(=O)CCNC(=O)C(CN)c1ccccc1. The van der Waals surface area contributed by atoms with E-state index in [1.54, 1.807) is 0 Å². The number of benzene rings is 1. The van der Waals surface area contributed by atoms with Crippen molar-refractivity contribution in [3.63, 3.8) is 0 Å². The topological polar surface area (TPSA) is 84.2 Å². The van der Waals surface area contributed by atoms with Gasteiger partial charge in [-0.2, -0.15) is 0 Å². The Hall–Kier alpha value is -1.88. The number of nitrogens with two attached hydrogens (primary N) is 1. The van der Waals surface area contributed by atoms with Gasteiger partial charge in [0, 0.05) is 26.1 Å². The van der Waals surface area contributed by atoms with Gasteiger partial charge in [-0.25, -0.2) is 0 Å². The molecule has 0 aliphatic rings. The van der Waals surface area contributed by atoms with Crippen LogP contribution in [0.15, 0.2) is 30.3 Å². The van der Waals surface area contributed by atoms with Gasteiger partial charge in [0.1, 0.15) is 0 Å². The zero-order valence-corrected chi connectivity index (χ0v) is 11.9. The van der Waals surface area contributed by atoms with Crippen molar-refractivity contribution in [3.8, 4) is 0 Å². The van der Waals surface area contributed by atoms with E-state index in [4.69, 9.17) is 5.73 Å². The van der Waals surface area contributed by atoms with Gasteiger partial charge in [0.05, 0.1) is 5.92 Å². The molecule has 0 aromatic heterocycles. The van der Waals surface area contributed by atoms with Gasteiger partial charge in [-0.15, -0.1) is 0 Å². The summed E-state index contributed by atoms with van der Waals surface area (Å²) < 4.78 is 0. The molecule has 1 unspecified atom stereocenters. The first-order valence-corrected chi connectivity index (χ1v) is 6.98. The Morgan fingerprint density at radius 1 is 1.15 bits per heavy atom. The summed E-state index contributed by atoms with van der Waals surface area (Å²) in [6.07, 6.45) is 1.19. The van der Waals surface area contributed by atoms with Crippen LogP contribution in [0.3, 0.4) is 0 Å². The number of rotatable bonds is 8. The lowest BCUT2D eigenvalue weighted by atomic mass is 9.98. The first kappa shape index (κ1) is 16.2. The average molecular weight is 277 g/mol. The van der Waals surface area contributed by atoms with E-state index in [0.717, 1.165) is 12.0 Å². The van der Waals surface area contributed by atoms with Crippen molar-refractivity contribution >= 4 is 11.8 Å². The van der Waals surface area contributed by atoms with Gasteiger partial charge in [0.15, 0.2) is 0 Å². The van der Waals surface area contributed by atoms with Crippen molar-refractivity contribution in [3.05, 3.63) is 35.9 Å². The van der Waals surface area contributed by atoms with E-state index in [-0.39, 0.29) is 30.7 Å². The second-order valence-electron chi connectivity index (χ2n) is 4.59. The molecular weight excluding hydrogens is 254 g/mol. The summed E-state index contributed by atoms with van der Waals surface area (Å²) in [6.45, 7) is 3.24. The number of amides is 2. The van der Waals surface area contributed by atoms with Crippen LogP contribution in [-0.2, 0) is 9.59 Å². The molecule has 5 heteroatoms. The Morgan fingerprint density at radius 2 is 1.85 bits per heavy atom. The highest BCUT2D eigenvalue weighted by Crippen LogP contribution is 2.13. The molecule has 0 bridgehead atoms. The Morgan fingerprint density at radius 3 is 2.45 bits per heavy atom. The van der Waals surface area contributed by atoms with Crippen LogP contribution in [0, 0.1) is 0 Å². The maximum absolute atomic E-state index is 12.0. The van der Waals surface area contributed by atoms with Crippen molar-refractivity contribution in [2.24, 2.45) is 5.73 Å². The van der Waals surface area contributed by atoms with E-state index in [9.17, 15) is 9.59 Å². The maximum atomic E-state index is 12.0. The number of nitrogens with one attached hydrogen (secondary N) is 2. The van der Waals surface area contributed by atoms with Gasteiger partial charge in [-0.3, -0.25) is 9.59 Å². The summed E-state index contributed by atoms with van der Waals surface area (Å²) in [7, 11) is 0. The van der Waals surface area contributed by atoms with Crippen LogP contribution in [0.4, 0.5) is 0 Å². The minimum atomic E-state index is -0.366. The summed E-state index contributed by atoms with van der Waals surface area (Å²) in [5.74, 6) is -0.548. The minimum absolute atomic E-state index is 0.0452. The van der Waals surface area contributed by atoms with Gasteiger partial charge >= 0.3 is 0 Å². The quantitative estimate of drug-likeness (QED) is 0.656. The van der Waals surface area contributed by atoms with E-state index < -0.39 is 0 Å². The van der Waals surface area contributed by atoms with Gasteiger partial charge in [-0.05, 0) is 12.0 Å². The molecule has 5 nitrogen and oxygen atoms in total. The minimum Gasteiger partial charge on any atom is -0.356 e. The van der Waals surface area contributed by atoms with Crippen molar-refractivity contribution in [2.75, 3.05) is 19.6 Å². The van der Waals surface area contributed by atoms with Crippen LogP contribution in [0.5, 0.6) is 0 Å². The Kier molecular flexibility index (Phi) is 7.35. The van der Waals surface area contributed by atoms with Crippen LogP contribution < -0.4 is 16.4 Å². The average Bonchev–Trinajstić information content (AvgIpc) is 2.47. The van der Waals surface area contributed by atoms with Crippen molar-refractivity contribution in [1.29, 1.82) is 0 Å². The van der Waals surface area contributed by atoms with E-state index in [2.05, 4.69) is 10.6 Å². The van der Waals surface area contributed by atoms with E-state index >= 15 is 0 Å². The summed E-state index contributed by atoms with van der Waals surface area (Å²) in [5.41, 5.74) is 6.55. The van der Waals surface area contributed by atoms with Crippen LogP contribution >= 0.6 is 0 Å². The standard InChI is InChI=1S/C15H23N3O2/c1-2-9-17-14(19)8-10-18-15(20)13(11-16)12-6-4-3-5-7-12/h3-7,13H,2,8-11,16H2,1H3,(H,17,19)(H,18,20). The first-order valence-electron chi connectivity index (χ1n) is 6.98. The van der Waals surface area contributed by atoms with Gasteiger partial charge in [0.2, 0.25) is 11.8 Å². The zero-order chi connectivity index (χ0) is 14.8. The lowest BCUT2D eigenvalue weighted by molar-refractivity contribution is -0.123. The van der Waals surface area contributed by atoms with Crippen molar-refractivity contribution in [2.45, 2.75) is 25.7 Å². The molecule has 0 saturated heterocycles. The lowest BCUT2D eigenvalue weighted by Gasteiger charge is -2.15. The molecule has 20 heavy (non-hydrogen) atoms. The smallest absolute Gasteiger partial charge is 0.228 e. The second kappa shape index (κ2) is 9.09. The highest BCUT2D eigenvalue weighted by molar-refractivity contribution is 5.84. The molecule has 0 aliphatic heterocycles. The number of carbonyl (C=O) groups excluding carboxylic acids is 2. The van der Waals surface area contributed by atoms with E-state index in [1.165, 1.54) is 0 Å². The molecule has 0 saturated carbocycles. The largest absolute Gasteiger partial charge is 0.356 e. The highest BCUT2D eigenvalue weighted by Gasteiger charge is 2.18. The van der Waals surface area contributed by atoms with Crippen molar-refractivity contribution in [1.82, 2.24) is 10.6 Å². The van der Waals surface area contributed by atoms with Crippen LogP contribution in [-0.4, -0.2) is 31.4 Å². The predicted octanol–water partition coefficient (Wildman–Crippen LogP) is 0.761. The molecule has 0 aliphatic carbocycles.